The second-order valence-corrected chi connectivity index (χ2v) is 8.50. The van der Waals surface area contributed by atoms with Gasteiger partial charge in [-0.15, -0.1) is 10.2 Å². The highest BCUT2D eigenvalue weighted by molar-refractivity contribution is 8.00. The number of amides is 1. The van der Waals surface area contributed by atoms with Crippen molar-refractivity contribution in [3.05, 3.63) is 64.4 Å². The van der Waals surface area contributed by atoms with Crippen molar-refractivity contribution in [1.29, 1.82) is 0 Å². The molecule has 0 aliphatic carbocycles. The van der Waals surface area contributed by atoms with Crippen molar-refractivity contribution in [3.8, 4) is 5.75 Å². The highest BCUT2D eigenvalue weighted by Crippen LogP contribution is 2.39. The van der Waals surface area contributed by atoms with Gasteiger partial charge in [0.2, 0.25) is 11.1 Å². The summed E-state index contributed by atoms with van der Waals surface area (Å²) in [6.45, 7) is 4.02. The zero-order valence-corrected chi connectivity index (χ0v) is 18.4. The summed E-state index contributed by atoms with van der Waals surface area (Å²) in [5.41, 5.74) is 6.17. The van der Waals surface area contributed by atoms with Gasteiger partial charge in [-0.2, -0.15) is 0 Å². The lowest BCUT2D eigenvalue weighted by atomic mass is 10.0. The largest absolute Gasteiger partial charge is 0.495 e. The van der Waals surface area contributed by atoms with E-state index in [4.69, 9.17) is 16.3 Å². The van der Waals surface area contributed by atoms with Crippen LogP contribution in [0.1, 0.15) is 29.9 Å². The Balaban J connectivity index is 1.68. The molecule has 156 valence electrons. The van der Waals surface area contributed by atoms with E-state index in [2.05, 4.69) is 20.9 Å². The molecule has 1 amide bonds. The molecular weight excluding hydrogens is 422 g/mol. The zero-order chi connectivity index (χ0) is 21.3. The molecule has 4 rings (SSSR count). The van der Waals surface area contributed by atoms with Crippen LogP contribution in [0.5, 0.6) is 5.75 Å². The van der Waals surface area contributed by atoms with Gasteiger partial charge in [0.25, 0.3) is 0 Å². The Hall–Kier alpha value is -2.71. The zero-order valence-electron chi connectivity index (χ0n) is 16.8. The van der Waals surface area contributed by atoms with Crippen LogP contribution in [0, 0.1) is 6.92 Å². The van der Waals surface area contributed by atoms with Gasteiger partial charge >= 0.3 is 0 Å². The number of fused-ring (bicyclic) bond motifs is 1. The SMILES string of the molecule is CCc1nnc2n1N[C@@H](c1ccc(OC)c(Cl)c1)[C@@H](C(=O)Nc1ccc(C)cc1)S2. The number of hydrogen-bond donors (Lipinski definition) is 2. The standard InChI is InChI=1S/C21H22ClN5O2S/c1-4-17-24-25-21-27(17)26-18(13-7-10-16(29-3)15(22)11-13)19(30-21)20(28)23-14-8-5-12(2)6-9-14/h5-11,18-19,26H,4H2,1-3H3,(H,23,28)/t18-,19-/m0/s1. The van der Waals surface area contributed by atoms with Crippen LogP contribution in [0.2, 0.25) is 5.02 Å². The van der Waals surface area contributed by atoms with Gasteiger partial charge in [0, 0.05) is 12.1 Å². The van der Waals surface area contributed by atoms with Gasteiger partial charge in [-0.25, -0.2) is 4.68 Å². The Morgan fingerprint density at radius 1 is 1.27 bits per heavy atom. The molecule has 0 unspecified atom stereocenters. The molecule has 3 aromatic rings. The summed E-state index contributed by atoms with van der Waals surface area (Å²) in [4.78, 5) is 13.2. The third-order valence-corrected chi connectivity index (χ3v) is 6.44. The number of anilines is 1. The first kappa shape index (κ1) is 20.6. The average Bonchev–Trinajstić information content (AvgIpc) is 3.16. The van der Waals surface area contributed by atoms with Gasteiger partial charge in [-0.05, 0) is 36.8 Å². The number of thioether (sulfide) groups is 1. The lowest BCUT2D eigenvalue weighted by molar-refractivity contribution is -0.116. The highest BCUT2D eigenvalue weighted by atomic mass is 35.5. The van der Waals surface area contributed by atoms with E-state index in [1.165, 1.54) is 11.8 Å². The fraction of sp³-hybridized carbons (Fsp3) is 0.286. The number of rotatable bonds is 5. The number of halogens is 1. The fourth-order valence-corrected chi connectivity index (χ4v) is 4.67. The van der Waals surface area contributed by atoms with Crippen LogP contribution < -0.4 is 15.5 Å². The Labute approximate surface area is 184 Å². The molecule has 0 spiro atoms. The average molecular weight is 444 g/mol. The fourth-order valence-electron chi connectivity index (χ4n) is 3.30. The summed E-state index contributed by atoms with van der Waals surface area (Å²) >= 11 is 7.75. The van der Waals surface area contributed by atoms with Gasteiger partial charge in [0.1, 0.15) is 11.0 Å². The minimum Gasteiger partial charge on any atom is -0.495 e. The molecule has 30 heavy (non-hydrogen) atoms. The maximum absolute atomic E-state index is 13.2. The van der Waals surface area contributed by atoms with E-state index in [-0.39, 0.29) is 11.9 Å². The van der Waals surface area contributed by atoms with E-state index in [0.29, 0.717) is 15.9 Å². The second-order valence-electron chi connectivity index (χ2n) is 6.98. The van der Waals surface area contributed by atoms with Gasteiger partial charge in [0.15, 0.2) is 5.82 Å². The second kappa shape index (κ2) is 8.57. The Morgan fingerprint density at radius 2 is 2.03 bits per heavy atom. The number of nitrogens with one attached hydrogen (secondary N) is 2. The first-order valence-corrected chi connectivity index (χ1v) is 10.8. The third-order valence-electron chi connectivity index (χ3n) is 4.93. The number of nitrogens with zero attached hydrogens (tertiary/aromatic N) is 3. The Kier molecular flexibility index (Phi) is 5.87. The number of methoxy groups -OCH3 is 1. The molecule has 7 nitrogen and oxygen atoms in total. The molecule has 1 aliphatic rings. The van der Waals surface area contributed by atoms with Crippen molar-refractivity contribution in [1.82, 2.24) is 14.9 Å². The van der Waals surface area contributed by atoms with E-state index in [1.807, 2.05) is 54.9 Å². The minimum atomic E-state index is -0.475. The summed E-state index contributed by atoms with van der Waals surface area (Å²) in [6, 6.07) is 12.9. The lowest BCUT2D eigenvalue weighted by Gasteiger charge is -2.33. The van der Waals surface area contributed by atoms with Gasteiger partial charge < -0.3 is 15.5 Å². The van der Waals surface area contributed by atoms with Crippen LogP contribution in [-0.2, 0) is 11.2 Å². The molecule has 0 saturated heterocycles. The molecular formula is C21H22ClN5O2S. The number of aromatic nitrogens is 3. The normalized spacial score (nSPS) is 17.7. The minimum absolute atomic E-state index is 0.124. The van der Waals surface area contributed by atoms with Gasteiger partial charge in [0.05, 0.1) is 18.2 Å². The Morgan fingerprint density at radius 3 is 2.70 bits per heavy atom. The summed E-state index contributed by atoms with van der Waals surface area (Å²) in [7, 11) is 1.57. The summed E-state index contributed by atoms with van der Waals surface area (Å²) in [5.74, 6) is 1.27. The Bertz CT molecular complexity index is 1070. The van der Waals surface area contributed by atoms with Crippen LogP contribution >= 0.6 is 23.4 Å². The first-order chi connectivity index (χ1) is 14.5. The molecule has 2 heterocycles. The molecule has 0 radical (unpaired) electrons. The van der Waals surface area contributed by atoms with Gasteiger partial charge in [-0.1, -0.05) is 54.0 Å². The van der Waals surface area contributed by atoms with Crippen LogP contribution in [0.25, 0.3) is 0 Å². The van der Waals surface area contributed by atoms with E-state index in [0.717, 1.165) is 29.1 Å². The van der Waals surface area contributed by atoms with E-state index >= 15 is 0 Å². The van der Waals surface area contributed by atoms with Crippen LogP contribution in [0.3, 0.4) is 0 Å². The summed E-state index contributed by atoms with van der Waals surface area (Å²) in [5, 5.41) is 12.2. The number of carbonyl (C=O) groups excluding carboxylic acids is 1. The van der Waals surface area contributed by atoms with Crippen molar-refractivity contribution in [2.24, 2.45) is 0 Å². The molecule has 0 bridgehead atoms. The van der Waals surface area contributed by atoms with Crippen LogP contribution in [-0.4, -0.2) is 33.1 Å². The number of carbonyl (C=O) groups is 1. The van der Waals surface area contributed by atoms with E-state index < -0.39 is 5.25 Å². The van der Waals surface area contributed by atoms with Crippen molar-refractivity contribution in [2.75, 3.05) is 17.9 Å². The van der Waals surface area contributed by atoms with Crippen molar-refractivity contribution < 1.29 is 9.53 Å². The third kappa shape index (κ3) is 3.97. The van der Waals surface area contributed by atoms with Crippen molar-refractivity contribution in [3.63, 3.8) is 0 Å². The predicted molar refractivity (Wildman–Crippen MR) is 119 cm³/mol. The molecule has 2 atom stereocenters. The van der Waals surface area contributed by atoms with Crippen molar-refractivity contribution >= 4 is 35.0 Å². The predicted octanol–water partition coefficient (Wildman–Crippen LogP) is 4.21. The molecule has 1 aliphatic heterocycles. The summed E-state index contributed by atoms with van der Waals surface area (Å²) < 4.78 is 7.12. The maximum atomic E-state index is 13.2. The number of ether oxygens (including phenoxy) is 1. The van der Waals surface area contributed by atoms with Gasteiger partial charge in [-0.3, -0.25) is 4.79 Å². The van der Waals surface area contributed by atoms with E-state index in [1.54, 1.807) is 13.2 Å². The maximum Gasteiger partial charge on any atom is 0.240 e. The molecule has 9 heteroatoms. The van der Waals surface area contributed by atoms with Crippen LogP contribution in [0.15, 0.2) is 47.6 Å². The quantitative estimate of drug-likeness (QED) is 0.614. The molecule has 0 saturated carbocycles. The first-order valence-electron chi connectivity index (χ1n) is 9.58. The van der Waals surface area contributed by atoms with E-state index in [9.17, 15) is 4.79 Å². The number of aryl methyl sites for hydroxylation is 2. The van der Waals surface area contributed by atoms with Crippen molar-refractivity contribution in [2.45, 2.75) is 36.7 Å². The summed E-state index contributed by atoms with van der Waals surface area (Å²) in [6.07, 6.45) is 0.719. The van der Waals surface area contributed by atoms with Crippen LogP contribution in [0.4, 0.5) is 5.69 Å². The molecule has 1 aromatic heterocycles. The smallest absolute Gasteiger partial charge is 0.240 e. The highest BCUT2D eigenvalue weighted by Gasteiger charge is 2.38. The molecule has 2 aromatic carbocycles. The number of hydrogen-bond acceptors (Lipinski definition) is 6. The lowest BCUT2D eigenvalue weighted by Crippen LogP contribution is -2.41. The molecule has 2 N–H and O–H groups in total. The number of benzene rings is 2. The molecule has 0 fully saturated rings. The monoisotopic (exact) mass is 443 g/mol. The topological polar surface area (TPSA) is 81.1 Å².